The minimum Gasteiger partial charge on any atom is -0.379 e. The van der Waals surface area contributed by atoms with E-state index in [4.69, 9.17) is 15.2 Å². The van der Waals surface area contributed by atoms with Gasteiger partial charge in [-0.2, -0.15) is 0 Å². The second-order valence-corrected chi connectivity index (χ2v) is 10.1. The zero-order valence-corrected chi connectivity index (χ0v) is 23.9. The van der Waals surface area contributed by atoms with Crippen LogP contribution in [0, 0.1) is 0 Å². The molecular weight excluding hydrogens is 605 g/mol. The Morgan fingerprint density at radius 3 is 2.24 bits per heavy atom. The molecule has 1 aliphatic rings. The highest BCUT2D eigenvalue weighted by atomic mass is 127. The lowest BCUT2D eigenvalue weighted by molar-refractivity contribution is -0.122. The van der Waals surface area contributed by atoms with Crippen LogP contribution in [-0.2, 0) is 23.9 Å². The van der Waals surface area contributed by atoms with Gasteiger partial charge in [0.25, 0.3) is 11.8 Å². The highest BCUT2D eigenvalue weighted by Crippen LogP contribution is 2.31. The molecule has 3 N–H and O–H groups in total. The number of nitrogens with one attached hydrogen (secondary N) is 1. The minimum atomic E-state index is -1.24. The number of unbranched alkanes of at least 4 members (excludes halogenated alkanes) is 5. The van der Waals surface area contributed by atoms with E-state index < -0.39 is 23.8 Å². The fourth-order valence-electron chi connectivity index (χ4n) is 4.17. The molecule has 0 radical (unpaired) electrons. The number of imide groups is 1. The molecule has 1 aromatic rings. The molecule has 1 unspecified atom stereocenters. The summed E-state index contributed by atoms with van der Waals surface area (Å²) >= 11 is 2.39. The van der Waals surface area contributed by atoms with E-state index in [0.717, 1.165) is 30.8 Å². The molecular formula is C27H38IN3O7. The molecule has 10 nitrogen and oxygen atoms in total. The van der Waals surface area contributed by atoms with E-state index >= 15 is 0 Å². The van der Waals surface area contributed by atoms with Gasteiger partial charge in [-0.05, 0) is 48.7 Å². The van der Waals surface area contributed by atoms with Crippen LogP contribution in [0.5, 0.6) is 0 Å². The Bertz CT molecular complexity index is 957. The van der Waals surface area contributed by atoms with Gasteiger partial charge in [0, 0.05) is 26.1 Å². The molecule has 1 aromatic carbocycles. The number of ether oxygens (including phenoxy) is 2. The van der Waals surface area contributed by atoms with E-state index in [-0.39, 0.29) is 42.0 Å². The molecule has 0 aliphatic carbocycles. The van der Waals surface area contributed by atoms with Crippen molar-refractivity contribution in [1.82, 2.24) is 4.90 Å². The summed E-state index contributed by atoms with van der Waals surface area (Å²) in [5.41, 5.74) is 5.72. The molecule has 1 atom stereocenters. The predicted octanol–water partition coefficient (Wildman–Crippen LogP) is 3.64. The molecule has 1 heterocycles. The first-order chi connectivity index (χ1) is 18.4. The van der Waals surface area contributed by atoms with Gasteiger partial charge in [-0.15, -0.1) is 0 Å². The normalized spacial score (nSPS) is 13.4. The van der Waals surface area contributed by atoms with E-state index in [1.165, 1.54) is 35.8 Å². The topological polar surface area (TPSA) is 145 Å². The quantitative estimate of drug-likeness (QED) is 0.0684. The van der Waals surface area contributed by atoms with Gasteiger partial charge >= 0.3 is 0 Å². The van der Waals surface area contributed by atoms with E-state index in [9.17, 15) is 24.0 Å². The van der Waals surface area contributed by atoms with Gasteiger partial charge in [-0.25, -0.2) is 0 Å². The van der Waals surface area contributed by atoms with Crippen molar-refractivity contribution in [2.75, 3.05) is 36.2 Å². The monoisotopic (exact) mass is 643 g/mol. The van der Waals surface area contributed by atoms with Crippen LogP contribution in [0.1, 0.15) is 84.9 Å². The smallest absolute Gasteiger partial charge is 0.264 e. The van der Waals surface area contributed by atoms with Crippen molar-refractivity contribution in [3.05, 3.63) is 29.3 Å². The summed E-state index contributed by atoms with van der Waals surface area (Å²) in [6.07, 6.45) is 7.85. The number of carbonyl (C=O) groups excluding carboxylic acids is 5. The number of alkyl halides is 1. The minimum absolute atomic E-state index is 0.0254. The van der Waals surface area contributed by atoms with E-state index in [0.29, 0.717) is 32.5 Å². The summed E-state index contributed by atoms with van der Waals surface area (Å²) in [5.74, 6) is -2.54. The van der Waals surface area contributed by atoms with E-state index in [1.807, 2.05) is 0 Å². The van der Waals surface area contributed by atoms with E-state index in [1.54, 1.807) is 6.07 Å². The Labute approximate surface area is 237 Å². The maximum atomic E-state index is 13.1. The van der Waals surface area contributed by atoms with Crippen LogP contribution < -0.4 is 11.1 Å². The summed E-state index contributed by atoms with van der Waals surface area (Å²) in [6.45, 7) is 2.52. The molecule has 0 aromatic heterocycles. The lowest BCUT2D eigenvalue weighted by Crippen LogP contribution is -2.47. The Balaban J connectivity index is 1.71. The van der Waals surface area contributed by atoms with Crippen molar-refractivity contribution in [2.24, 2.45) is 5.73 Å². The first kappa shape index (κ1) is 31.8. The number of hydrogen-bond donors (Lipinski definition) is 2. The van der Waals surface area contributed by atoms with Crippen molar-refractivity contribution in [2.45, 2.75) is 70.3 Å². The number of nitrogens with zero attached hydrogens (tertiary/aromatic N) is 1. The lowest BCUT2D eigenvalue weighted by atomic mass is 10.1. The molecule has 210 valence electrons. The molecule has 0 fully saturated rings. The Morgan fingerprint density at radius 2 is 1.61 bits per heavy atom. The van der Waals surface area contributed by atoms with Crippen LogP contribution in [0.2, 0.25) is 0 Å². The largest absolute Gasteiger partial charge is 0.379 e. The van der Waals surface area contributed by atoms with Crippen molar-refractivity contribution in [3.63, 3.8) is 0 Å². The van der Waals surface area contributed by atoms with Gasteiger partial charge in [0.05, 0.1) is 30.0 Å². The molecule has 0 bridgehead atoms. The van der Waals surface area contributed by atoms with Crippen molar-refractivity contribution < 1.29 is 33.4 Å². The highest BCUT2D eigenvalue weighted by molar-refractivity contribution is 14.1. The maximum Gasteiger partial charge on any atom is 0.264 e. The summed E-state index contributed by atoms with van der Waals surface area (Å²) in [6, 6.07) is 3.32. The summed E-state index contributed by atoms with van der Waals surface area (Å²) < 4.78 is 12.3. The summed E-state index contributed by atoms with van der Waals surface area (Å²) in [4.78, 5) is 61.8. The highest BCUT2D eigenvalue weighted by Gasteiger charge is 2.43. The number of rotatable bonds is 21. The summed E-state index contributed by atoms with van der Waals surface area (Å²) in [5, 5.41) is 2.71. The number of carbonyl (C=O) groups is 5. The molecule has 38 heavy (non-hydrogen) atoms. The number of amides is 4. The first-order valence-electron chi connectivity index (χ1n) is 13.2. The van der Waals surface area contributed by atoms with Gasteiger partial charge in [0.1, 0.15) is 12.3 Å². The average molecular weight is 644 g/mol. The van der Waals surface area contributed by atoms with Gasteiger partial charge in [-0.3, -0.25) is 24.1 Å². The first-order valence-corrected chi connectivity index (χ1v) is 14.7. The van der Waals surface area contributed by atoms with Crippen LogP contribution in [0.3, 0.4) is 0 Å². The van der Waals surface area contributed by atoms with Crippen LogP contribution in [-0.4, -0.2) is 71.7 Å². The number of halogens is 1. The number of hydrogen-bond acceptors (Lipinski definition) is 7. The molecule has 2 rings (SSSR count). The number of aldehydes is 1. The third-order valence-electron chi connectivity index (χ3n) is 6.16. The van der Waals surface area contributed by atoms with Crippen LogP contribution in [0.15, 0.2) is 18.2 Å². The lowest BCUT2D eigenvalue weighted by Gasteiger charge is -2.22. The van der Waals surface area contributed by atoms with Crippen molar-refractivity contribution >= 4 is 58.2 Å². The third-order valence-corrected chi connectivity index (χ3v) is 6.92. The van der Waals surface area contributed by atoms with Gasteiger partial charge in [0.2, 0.25) is 11.8 Å². The van der Waals surface area contributed by atoms with Crippen molar-refractivity contribution in [3.8, 4) is 0 Å². The molecule has 1 aliphatic heterocycles. The van der Waals surface area contributed by atoms with Crippen LogP contribution >= 0.6 is 22.6 Å². The maximum absolute atomic E-state index is 13.1. The molecule has 0 saturated carbocycles. The molecule has 0 spiro atoms. The second-order valence-electron chi connectivity index (χ2n) is 9.06. The number of primary amides is 1. The summed E-state index contributed by atoms with van der Waals surface area (Å²) in [7, 11) is 0. The Kier molecular flexibility index (Phi) is 15.1. The SMILES string of the molecule is NC(=O)C(CCC=O)N1C(=O)c2cccc(NC(=O)CCCCCOCCOCCCCCCI)c2C1=O. The predicted molar refractivity (Wildman–Crippen MR) is 151 cm³/mol. The molecule has 11 heteroatoms. The number of fused-ring (bicyclic) bond motifs is 1. The van der Waals surface area contributed by atoms with Gasteiger partial charge in [-0.1, -0.05) is 47.9 Å². The van der Waals surface area contributed by atoms with Gasteiger partial charge < -0.3 is 25.3 Å². The fourth-order valence-corrected chi connectivity index (χ4v) is 4.71. The standard InChI is InChI=1S/C27H38IN3O7/c28-14-5-1-2-6-16-37-18-19-38-17-7-3-4-13-23(33)30-21-11-8-10-20-24(21)27(36)31(26(20)35)22(25(29)34)12-9-15-32/h8,10-11,15,22H,1-7,9,12-14,16-19H2,(H2,29,34)(H,30,33). The van der Waals surface area contributed by atoms with Crippen LogP contribution in [0.4, 0.5) is 5.69 Å². The average Bonchev–Trinajstić information content (AvgIpc) is 3.15. The van der Waals surface area contributed by atoms with Crippen molar-refractivity contribution in [1.29, 1.82) is 0 Å². The fraction of sp³-hybridized carbons (Fsp3) is 0.593. The molecule has 0 saturated heterocycles. The number of benzene rings is 1. The zero-order valence-electron chi connectivity index (χ0n) is 21.8. The van der Waals surface area contributed by atoms with Gasteiger partial charge in [0.15, 0.2) is 0 Å². The van der Waals surface area contributed by atoms with Crippen LogP contribution in [0.25, 0.3) is 0 Å². The second kappa shape index (κ2) is 18.0. The third kappa shape index (κ3) is 10.1. The number of anilines is 1. The Hall–Kier alpha value is -2.38. The number of nitrogens with two attached hydrogens (primary N) is 1. The van der Waals surface area contributed by atoms with E-state index in [2.05, 4.69) is 27.9 Å². The Morgan fingerprint density at radius 1 is 0.947 bits per heavy atom. The molecule has 4 amide bonds. The zero-order chi connectivity index (χ0) is 27.8.